The van der Waals surface area contributed by atoms with E-state index in [0.717, 1.165) is 44.0 Å². The van der Waals surface area contributed by atoms with Crippen LogP contribution in [0.3, 0.4) is 0 Å². The van der Waals surface area contributed by atoms with Crippen molar-refractivity contribution in [2.75, 3.05) is 38.0 Å². The molecule has 0 saturated carbocycles. The molecule has 1 aliphatic rings. The van der Waals surface area contributed by atoms with Crippen molar-refractivity contribution in [3.63, 3.8) is 0 Å². The van der Waals surface area contributed by atoms with E-state index >= 15 is 0 Å². The number of hydrogen-bond acceptors (Lipinski definition) is 5. The molecule has 1 aromatic carbocycles. The lowest BCUT2D eigenvalue weighted by atomic mass is 10.2. The fraction of sp³-hybridized carbons (Fsp3) is 0.389. The molecule has 0 atom stereocenters. The first kappa shape index (κ1) is 17.6. The van der Waals surface area contributed by atoms with Gasteiger partial charge in [0.05, 0.1) is 12.4 Å². The Bertz CT molecular complexity index is 742. The molecule has 25 heavy (non-hydrogen) atoms. The summed E-state index contributed by atoms with van der Waals surface area (Å²) in [6.07, 6.45) is 3.09. The summed E-state index contributed by atoms with van der Waals surface area (Å²) in [5.74, 6) is 0.514. The van der Waals surface area contributed by atoms with Crippen LogP contribution in [-0.4, -0.2) is 58.4 Å². The molecular formula is C18H22ClN5O. The number of hydrogen-bond donors (Lipinski definition) is 1. The molecule has 132 valence electrons. The van der Waals surface area contributed by atoms with E-state index in [0.29, 0.717) is 16.5 Å². The summed E-state index contributed by atoms with van der Waals surface area (Å²) in [4.78, 5) is 25.2. The fourth-order valence-electron chi connectivity index (χ4n) is 2.75. The molecule has 0 spiro atoms. The van der Waals surface area contributed by atoms with Crippen LogP contribution in [0.2, 0.25) is 5.02 Å². The minimum Gasteiger partial charge on any atom is -0.339 e. The van der Waals surface area contributed by atoms with E-state index in [9.17, 15) is 4.79 Å². The standard InChI is InChI=1S/C18H22ClN5O/c1-3-23-6-8-24(9-7-23)18(25)16-11-21-17(12-20-16)22-14-5-4-13(2)15(19)10-14/h4-5,10-12H,3,6-9H2,1-2H3,(H,21,22). The topological polar surface area (TPSA) is 61.4 Å². The highest BCUT2D eigenvalue weighted by Crippen LogP contribution is 2.22. The average molecular weight is 360 g/mol. The van der Waals surface area contributed by atoms with Gasteiger partial charge in [-0.3, -0.25) is 4.79 Å². The summed E-state index contributed by atoms with van der Waals surface area (Å²) < 4.78 is 0. The number of nitrogens with zero attached hydrogens (tertiary/aromatic N) is 4. The van der Waals surface area contributed by atoms with Crippen LogP contribution in [0.25, 0.3) is 0 Å². The van der Waals surface area contributed by atoms with E-state index in [1.807, 2.05) is 30.0 Å². The minimum absolute atomic E-state index is 0.0619. The number of carbonyl (C=O) groups excluding carboxylic acids is 1. The minimum atomic E-state index is -0.0619. The van der Waals surface area contributed by atoms with Crippen molar-refractivity contribution in [1.82, 2.24) is 19.8 Å². The first-order valence-corrected chi connectivity index (χ1v) is 8.81. The molecule has 3 rings (SSSR count). The van der Waals surface area contributed by atoms with E-state index in [1.54, 1.807) is 6.20 Å². The number of anilines is 2. The van der Waals surface area contributed by atoms with Gasteiger partial charge in [0, 0.05) is 36.9 Å². The van der Waals surface area contributed by atoms with Gasteiger partial charge in [-0.15, -0.1) is 0 Å². The Kier molecular flexibility index (Phi) is 5.50. The second-order valence-electron chi connectivity index (χ2n) is 6.10. The van der Waals surface area contributed by atoms with Gasteiger partial charge in [-0.25, -0.2) is 9.97 Å². The van der Waals surface area contributed by atoms with Gasteiger partial charge in [0.2, 0.25) is 0 Å². The molecule has 1 amide bonds. The van der Waals surface area contributed by atoms with E-state index in [1.165, 1.54) is 6.20 Å². The number of rotatable bonds is 4. The van der Waals surface area contributed by atoms with Gasteiger partial charge in [-0.1, -0.05) is 24.6 Å². The van der Waals surface area contributed by atoms with Gasteiger partial charge in [0.1, 0.15) is 11.5 Å². The normalized spacial score (nSPS) is 15.2. The van der Waals surface area contributed by atoms with Crippen LogP contribution in [0.1, 0.15) is 23.0 Å². The van der Waals surface area contributed by atoms with Crippen LogP contribution in [0.4, 0.5) is 11.5 Å². The maximum atomic E-state index is 12.5. The molecule has 0 unspecified atom stereocenters. The Labute approximate surface area is 152 Å². The molecule has 6 nitrogen and oxygen atoms in total. The summed E-state index contributed by atoms with van der Waals surface area (Å²) in [5.41, 5.74) is 2.22. The molecule has 1 fully saturated rings. The van der Waals surface area contributed by atoms with E-state index in [2.05, 4.69) is 27.1 Å². The summed E-state index contributed by atoms with van der Waals surface area (Å²) in [6.45, 7) is 8.38. The summed E-state index contributed by atoms with van der Waals surface area (Å²) >= 11 is 6.12. The molecule has 0 aliphatic carbocycles. The molecular weight excluding hydrogens is 338 g/mol. The summed E-state index contributed by atoms with van der Waals surface area (Å²) in [5, 5.41) is 3.83. The number of halogens is 1. The monoisotopic (exact) mass is 359 g/mol. The number of aryl methyl sites for hydroxylation is 1. The van der Waals surface area contributed by atoms with Gasteiger partial charge in [0.15, 0.2) is 0 Å². The first-order valence-electron chi connectivity index (χ1n) is 8.43. The lowest BCUT2D eigenvalue weighted by Gasteiger charge is -2.33. The molecule has 0 bridgehead atoms. The third-order valence-corrected chi connectivity index (χ3v) is 4.83. The maximum absolute atomic E-state index is 12.5. The second-order valence-corrected chi connectivity index (χ2v) is 6.51. The molecule has 7 heteroatoms. The lowest BCUT2D eigenvalue weighted by molar-refractivity contribution is 0.0637. The maximum Gasteiger partial charge on any atom is 0.274 e. The third-order valence-electron chi connectivity index (χ3n) is 4.42. The van der Waals surface area contributed by atoms with Crippen molar-refractivity contribution in [2.45, 2.75) is 13.8 Å². The number of nitrogens with one attached hydrogen (secondary N) is 1. The zero-order valence-electron chi connectivity index (χ0n) is 14.5. The number of carbonyl (C=O) groups is 1. The van der Waals surface area contributed by atoms with Crippen molar-refractivity contribution in [3.05, 3.63) is 46.9 Å². The Morgan fingerprint density at radius 3 is 2.56 bits per heavy atom. The fourth-order valence-corrected chi connectivity index (χ4v) is 2.93. The van der Waals surface area contributed by atoms with Crippen molar-refractivity contribution in [2.24, 2.45) is 0 Å². The Balaban J connectivity index is 1.63. The van der Waals surface area contributed by atoms with Crippen molar-refractivity contribution in [3.8, 4) is 0 Å². The number of piperazine rings is 1. The van der Waals surface area contributed by atoms with Gasteiger partial charge >= 0.3 is 0 Å². The first-order chi connectivity index (χ1) is 12.1. The van der Waals surface area contributed by atoms with Crippen LogP contribution in [0.5, 0.6) is 0 Å². The van der Waals surface area contributed by atoms with Crippen molar-refractivity contribution < 1.29 is 4.79 Å². The number of aromatic nitrogens is 2. The number of likely N-dealkylation sites (N-methyl/N-ethyl adjacent to an activating group) is 1. The molecule has 1 aliphatic heterocycles. The SMILES string of the molecule is CCN1CCN(C(=O)c2cnc(Nc3ccc(C)c(Cl)c3)cn2)CC1. The highest BCUT2D eigenvalue weighted by atomic mass is 35.5. The van der Waals surface area contributed by atoms with Crippen LogP contribution < -0.4 is 5.32 Å². The molecule has 2 heterocycles. The van der Waals surface area contributed by atoms with E-state index in [-0.39, 0.29) is 5.91 Å². The predicted octanol–water partition coefficient (Wildman–Crippen LogP) is 2.96. The van der Waals surface area contributed by atoms with Gasteiger partial charge in [-0.2, -0.15) is 0 Å². The molecule has 1 aromatic heterocycles. The van der Waals surface area contributed by atoms with Crippen LogP contribution >= 0.6 is 11.6 Å². The van der Waals surface area contributed by atoms with E-state index < -0.39 is 0 Å². The Hall–Kier alpha value is -2.18. The van der Waals surface area contributed by atoms with Gasteiger partial charge < -0.3 is 15.1 Å². The second kappa shape index (κ2) is 7.80. The Morgan fingerprint density at radius 2 is 1.96 bits per heavy atom. The highest BCUT2D eigenvalue weighted by Gasteiger charge is 2.22. The van der Waals surface area contributed by atoms with Crippen LogP contribution in [0, 0.1) is 6.92 Å². The van der Waals surface area contributed by atoms with Crippen molar-refractivity contribution >= 4 is 29.0 Å². The highest BCUT2D eigenvalue weighted by molar-refractivity contribution is 6.31. The van der Waals surface area contributed by atoms with Crippen LogP contribution in [-0.2, 0) is 0 Å². The largest absolute Gasteiger partial charge is 0.339 e. The lowest BCUT2D eigenvalue weighted by Crippen LogP contribution is -2.48. The molecule has 1 N–H and O–H groups in total. The zero-order valence-corrected chi connectivity index (χ0v) is 15.3. The third kappa shape index (κ3) is 4.27. The Morgan fingerprint density at radius 1 is 1.20 bits per heavy atom. The summed E-state index contributed by atoms with van der Waals surface area (Å²) in [7, 11) is 0. The molecule has 1 saturated heterocycles. The average Bonchev–Trinajstić information content (AvgIpc) is 2.65. The predicted molar refractivity (Wildman–Crippen MR) is 99.5 cm³/mol. The zero-order chi connectivity index (χ0) is 17.8. The number of benzene rings is 1. The quantitative estimate of drug-likeness (QED) is 0.909. The molecule has 2 aromatic rings. The van der Waals surface area contributed by atoms with Crippen LogP contribution in [0.15, 0.2) is 30.6 Å². The number of amides is 1. The van der Waals surface area contributed by atoms with E-state index in [4.69, 9.17) is 11.6 Å². The molecule has 0 radical (unpaired) electrons. The summed E-state index contributed by atoms with van der Waals surface area (Å²) in [6, 6.07) is 5.70. The smallest absolute Gasteiger partial charge is 0.274 e. The van der Waals surface area contributed by atoms with Gasteiger partial charge in [0.25, 0.3) is 5.91 Å². The van der Waals surface area contributed by atoms with Gasteiger partial charge in [-0.05, 0) is 31.2 Å². The van der Waals surface area contributed by atoms with Crippen molar-refractivity contribution in [1.29, 1.82) is 0 Å².